The van der Waals surface area contributed by atoms with Gasteiger partial charge in [-0.15, -0.1) is 0 Å². The van der Waals surface area contributed by atoms with Crippen LogP contribution < -0.4 is 32.3 Å². The van der Waals surface area contributed by atoms with Gasteiger partial charge in [0, 0.05) is 32.1 Å². The molecule has 0 fully saturated rings. The largest absolute Gasteiger partial charge is 0.480 e. The van der Waals surface area contributed by atoms with Gasteiger partial charge in [-0.25, -0.2) is 4.79 Å². The number of benzene rings is 6. The molecule has 6 aromatic carbocycles. The molecule has 0 saturated carbocycles. The minimum absolute atomic E-state index is 0.00183. The monoisotopic (exact) mass is 900 g/mol. The van der Waals surface area contributed by atoms with Crippen LogP contribution in [0.2, 0.25) is 0 Å². The van der Waals surface area contributed by atoms with Gasteiger partial charge in [-0.3, -0.25) is 24.0 Å². The predicted octanol–water partition coefficient (Wildman–Crippen LogP) is 4.28. The summed E-state index contributed by atoms with van der Waals surface area (Å²) in [4.78, 5) is 83.7. The first-order valence-corrected chi connectivity index (χ1v) is 22.2. The number of amides is 5. The molecule has 0 heterocycles. The Morgan fingerprint density at radius 1 is 0.313 bits per heavy atom. The van der Waals surface area contributed by atoms with Gasteiger partial charge in [0.1, 0.15) is 30.2 Å². The van der Waals surface area contributed by atoms with E-state index in [1.807, 2.05) is 78.9 Å². The number of nitrogens with one attached hydrogen (secondary N) is 5. The van der Waals surface area contributed by atoms with Crippen molar-refractivity contribution >= 4 is 35.5 Å². The fraction of sp³-hybridized carbons (Fsp3) is 0.222. The highest BCUT2D eigenvalue weighted by molar-refractivity contribution is 5.97. The van der Waals surface area contributed by atoms with Crippen LogP contribution in [-0.4, -0.2) is 76.9 Å². The van der Waals surface area contributed by atoms with Crippen LogP contribution in [0.15, 0.2) is 182 Å². The second-order valence-electron chi connectivity index (χ2n) is 16.4. The van der Waals surface area contributed by atoms with E-state index in [-0.39, 0.29) is 38.5 Å². The number of hydrogen-bond donors (Lipinski definition) is 7. The first-order valence-electron chi connectivity index (χ1n) is 22.2. The van der Waals surface area contributed by atoms with Crippen molar-refractivity contribution in [3.8, 4) is 0 Å². The summed E-state index contributed by atoms with van der Waals surface area (Å²) >= 11 is 0. The molecule has 0 aromatic heterocycles. The number of nitrogens with two attached hydrogens (primary N) is 1. The van der Waals surface area contributed by atoms with Crippen molar-refractivity contribution in [3.05, 3.63) is 215 Å². The molecule has 344 valence electrons. The lowest BCUT2D eigenvalue weighted by atomic mass is 9.99. The zero-order valence-corrected chi connectivity index (χ0v) is 37.0. The standard InChI is InChI=1S/C54H56N6O7/c55-43(31-37-19-7-1-8-20-37)49(61)56-44(32-38-21-9-2-10-22-38)50(62)57-45(33-39-23-11-3-12-24-39)51(63)58-46(34-40-25-13-4-14-26-40)52(64)59-47(35-41-27-15-5-16-28-41)53(65)60-48(54(66)67)36-42-29-17-6-18-30-42/h1-30,43-48H,31-36,55H2,(H,56,61)(H,57,62)(H,58,63)(H,59,64)(H,60,65)(H,66,67)/t43-,44+,45-,46+,47-,48+/m0/s1. The average molecular weight is 901 g/mol. The van der Waals surface area contributed by atoms with E-state index < -0.39 is 71.8 Å². The van der Waals surface area contributed by atoms with Gasteiger partial charge in [-0.2, -0.15) is 0 Å². The van der Waals surface area contributed by atoms with Crippen LogP contribution in [0.25, 0.3) is 0 Å². The Balaban J connectivity index is 1.26. The van der Waals surface area contributed by atoms with Crippen molar-refractivity contribution in [2.24, 2.45) is 5.73 Å². The molecule has 8 N–H and O–H groups in total. The highest BCUT2D eigenvalue weighted by Crippen LogP contribution is 2.12. The summed E-state index contributed by atoms with van der Waals surface area (Å²) in [5.41, 5.74) is 10.8. The third-order valence-corrected chi connectivity index (χ3v) is 11.2. The van der Waals surface area contributed by atoms with Crippen LogP contribution in [0.3, 0.4) is 0 Å². The zero-order valence-electron chi connectivity index (χ0n) is 37.0. The molecule has 67 heavy (non-hydrogen) atoms. The van der Waals surface area contributed by atoms with Gasteiger partial charge in [0.05, 0.1) is 6.04 Å². The summed E-state index contributed by atoms with van der Waals surface area (Å²) in [6.07, 6.45) is 0.367. The lowest BCUT2D eigenvalue weighted by molar-refractivity contribution is -0.142. The van der Waals surface area contributed by atoms with Gasteiger partial charge in [0.25, 0.3) is 0 Å². The lowest BCUT2D eigenvalue weighted by Gasteiger charge is -2.27. The first-order chi connectivity index (χ1) is 32.5. The number of carbonyl (C=O) groups is 6. The van der Waals surface area contributed by atoms with E-state index in [9.17, 15) is 33.9 Å². The third-order valence-electron chi connectivity index (χ3n) is 11.2. The molecule has 6 atom stereocenters. The van der Waals surface area contributed by atoms with E-state index in [0.29, 0.717) is 22.3 Å². The van der Waals surface area contributed by atoms with Gasteiger partial charge >= 0.3 is 5.97 Å². The van der Waals surface area contributed by atoms with E-state index >= 15 is 0 Å². The maximum Gasteiger partial charge on any atom is 0.326 e. The molecule has 0 unspecified atom stereocenters. The summed E-state index contributed by atoms with van der Waals surface area (Å²) in [6.45, 7) is 0. The molecule has 13 nitrogen and oxygen atoms in total. The van der Waals surface area contributed by atoms with Crippen LogP contribution in [0, 0.1) is 0 Å². The number of carbonyl (C=O) groups excluding carboxylic acids is 5. The van der Waals surface area contributed by atoms with Crippen LogP contribution in [-0.2, 0) is 67.3 Å². The van der Waals surface area contributed by atoms with E-state index in [0.717, 1.165) is 11.1 Å². The minimum Gasteiger partial charge on any atom is -0.480 e. The summed E-state index contributed by atoms with van der Waals surface area (Å²) in [5, 5.41) is 24.1. The van der Waals surface area contributed by atoms with Crippen molar-refractivity contribution < 1.29 is 33.9 Å². The van der Waals surface area contributed by atoms with Crippen molar-refractivity contribution in [1.82, 2.24) is 26.6 Å². The molecular weight excluding hydrogens is 845 g/mol. The second kappa shape index (κ2) is 25.0. The Hall–Kier alpha value is -7.90. The maximum absolute atomic E-state index is 14.6. The smallest absolute Gasteiger partial charge is 0.326 e. The lowest BCUT2D eigenvalue weighted by Crippen LogP contribution is -2.60. The molecule has 6 rings (SSSR count). The highest BCUT2D eigenvalue weighted by Gasteiger charge is 2.34. The molecular formula is C54H56N6O7. The SMILES string of the molecule is N[C@@H](Cc1ccccc1)C(=O)N[C@H](Cc1ccccc1)C(=O)N[C@@H](Cc1ccccc1)C(=O)N[C@H](Cc1ccccc1)C(=O)N[C@@H](Cc1ccccc1)C(=O)N[C@H](Cc1ccccc1)C(=O)O. The van der Waals surface area contributed by atoms with Gasteiger partial charge in [-0.05, 0) is 39.8 Å². The molecule has 0 radical (unpaired) electrons. The average Bonchev–Trinajstić information content (AvgIpc) is 3.34. The maximum atomic E-state index is 14.6. The van der Waals surface area contributed by atoms with Gasteiger partial charge in [-0.1, -0.05) is 182 Å². The molecule has 0 bridgehead atoms. The Kier molecular flexibility index (Phi) is 18.1. The first kappa shape index (κ1) is 48.6. The molecule has 0 aliphatic rings. The van der Waals surface area contributed by atoms with Crippen molar-refractivity contribution in [2.45, 2.75) is 74.8 Å². The molecule has 6 aromatic rings. The van der Waals surface area contributed by atoms with E-state index in [2.05, 4.69) is 26.6 Å². The molecule has 5 amide bonds. The number of hydrogen-bond acceptors (Lipinski definition) is 7. The zero-order chi connectivity index (χ0) is 47.4. The van der Waals surface area contributed by atoms with E-state index in [4.69, 9.17) is 5.73 Å². The van der Waals surface area contributed by atoms with Crippen LogP contribution in [0.5, 0.6) is 0 Å². The Labute approximate surface area is 390 Å². The van der Waals surface area contributed by atoms with Gasteiger partial charge < -0.3 is 37.4 Å². The summed E-state index contributed by atoms with van der Waals surface area (Å²) in [7, 11) is 0. The Bertz CT molecular complexity index is 2520. The topological polar surface area (TPSA) is 209 Å². The minimum atomic E-state index is -1.30. The number of aliphatic carboxylic acids is 1. The second-order valence-corrected chi connectivity index (χ2v) is 16.4. The fourth-order valence-electron chi connectivity index (χ4n) is 7.61. The third kappa shape index (κ3) is 15.6. The Morgan fingerprint density at radius 3 is 0.746 bits per heavy atom. The molecule has 13 heteroatoms. The van der Waals surface area contributed by atoms with Crippen LogP contribution in [0.1, 0.15) is 33.4 Å². The van der Waals surface area contributed by atoms with E-state index in [1.54, 1.807) is 103 Å². The van der Waals surface area contributed by atoms with Crippen molar-refractivity contribution in [2.75, 3.05) is 0 Å². The van der Waals surface area contributed by atoms with Crippen LogP contribution >= 0.6 is 0 Å². The number of carboxylic acid groups (broad SMARTS) is 1. The quantitative estimate of drug-likeness (QED) is 0.0493. The molecule has 0 spiro atoms. The normalized spacial score (nSPS) is 13.6. The molecule has 0 aliphatic carbocycles. The van der Waals surface area contributed by atoms with Gasteiger partial charge in [0.15, 0.2) is 0 Å². The van der Waals surface area contributed by atoms with Crippen LogP contribution in [0.4, 0.5) is 0 Å². The number of carboxylic acids is 1. The number of rotatable bonds is 23. The Morgan fingerprint density at radius 2 is 0.507 bits per heavy atom. The fourth-order valence-corrected chi connectivity index (χ4v) is 7.61. The predicted molar refractivity (Wildman–Crippen MR) is 256 cm³/mol. The summed E-state index contributed by atoms with van der Waals surface area (Å²) in [5.74, 6) is -4.58. The van der Waals surface area contributed by atoms with E-state index in [1.165, 1.54) is 0 Å². The summed E-state index contributed by atoms with van der Waals surface area (Å²) in [6, 6.07) is 47.1. The van der Waals surface area contributed by atoms with Crippen molar-refractivity contribution in [3.63, 3.8) is 0 Å². The van der Waals surface area contributed by atoms with Crippen molar-refractivity contribution in [1.29, 1.82) is 0 Å². The van der Waals surface area contributed by atoms with Gasteiger partial charge in [0.2, 0.25) is 29.5 Å². The molecule has 0 aliphatic heterocycles. The summed E-state index contributed by atoms with van der Waals surface area (Å²) < 4.78 is 0. The molecule has 0 saturated heterocycles. The highest BCUT2D eigenvalue weighted by atomic mass is 16.4.